The third kappa shape index (κ3) is 3.68. The molecule has 1 amide bonds. The van der Waals surface area contributed by atoms with Crippen LogP contribution in [0.25, 0.3) is 0 Å². The van der Waals surface area contributed by atoms with E-state index in [-0.39, 0.29) is 0 Å². The Kier molecular flexibility index (Phi) is 4.93. The number of hydrogen-bond donors (Lipinski definition) is 2. The Morgan fingerprint density at radius 1 is 1.43 bits per heavy atom. The lowest BCUT2D eigenvalue weighted by Crippen LogP contribution is -2.37. The Morgan fingerprint density at radius 2 is 2.00 bits per heavy atom. The van der Waals surface area contributed by atoms with E-state index in [2.05, 4.69) is 16.2 Å². The first-order chi connectivity index (χ1) is 6.52. The highest BCUT2D eigenvalue weighted by Gasteiger charge is 2.26. The van der Waals surface area contributed by atoms with E-state index in [4.69, 9.17) is 5.11 Å². The van der Waals surface area contributed by atoms with Crippen molar-refractivity contribution in [1.82, 2.24) is 5.48 Å². The Morgan fingerprint density at radius 3 is 2.43 bits per heavy atom. The van der Waals surface area contributed by atoms with Crippen LogP contribution in [0, 0.1) is 0 Å². The van der Waals surface area contributed by atoms with Crippen LogP contribution in [-0.2, 0) is 24.0 Å². The fraction of sp³-hybridized carbons (Fsp3) is 0.286. The number of aliphatic hydroxyl groups excluding tert-OH is 1. The fourth-order valence-electron chi connectivity index (χ4n) is 0.406. The first-order valence-corrected chi connectivity index (χ1v) is 3.42. The van der Waals surface area contributed by atoms with Gasteiger partial charge in [-0.3, -0.25) is 4.79 Å². The standard InChI is InChI=1S/C7H9NO6/c1-3-4(9)8-14-7(12)5(10)6(11)13-2/h3,5,10H,1H2,2H3,(H,8,9). The molecule has 0 aromatic rings. The molecule has 0 bridgehead atoms. The van der Waals surface area contributed by atoms with E-state index in [9.17, 15) is 14.4 Å². The van der Waals surface area contributed by atoms with Crippen LogP contribution in [0.2, 0.25) is 0 Å². The van der Waals surface area contributed by atoms with Crippen molar-refractivity contribution >= 4 is 17.8 Å². The molecule has 0 saturated carbocycles. The Hall–Kier alpha value is -1.89. The molecule has 0 radical (unpaired) electrons. The van der Waals surface area contributed by atoms with Crippen molar-refractivity contribution in [3.05, 3.63) is 12.7 Å². The minimum Gasteiger partial charge on any atom is -0.467 e. The van der Waals surface area contributed by atoms with Gasteiger partial charge in [0.15, 0.2) is 0 Å². The number of aliphatic hydroxyl groups is 1. The lowest BCUT2D eigenvalue weighted by atomic mass is 10.4. The molecule has 7 heteroatoms. The molecule has 7 nitrogen and oxygen atoms in total. The summed E-state index contributed by atoms with van der Waals surface area (Å²) in [7, 11) is 0.987. The number of amides is 1. The smallest absolute Gasteiger partial charge is 0.372 e. The van der Waals surface area contributed by atoms with Gasteiger partial charge < -0.3 is 14.7 Å². The molecule has 0 spiro atoms. The molecule has 78 valence electrons. The molecular weight excluding hydrogens is 194 g/mol. The third-order valence-corrected chi connectivity index (χ3v) is 1.09. The average molecular weight is 203 g/mol. The van der Waals surface area contributed by atoms with E-state index < -0.39 is 23.9 Å². The van der Waals surface area contributed by atoms with E-state index in [1.54, 1.807) is 5.48 Å². The lowest BCUT2D eigenvalue weighted by molar-refractivity contribution is -0.174. The van der Waals surface area contributed by atoms with Gasteiger partial charge in [0.25, 0.3) is 12.0 Å². The quantitative estimate of drug-likeness (QED) is 0.245. The molecule has 14 heavy (non-hydrogen) atoms. The van der Waals surface area contributed by atoms with Crippen LogP contribution in [-0.4, -0.2) is 36.2 Å². The van der Waals surface area contributed by atoms with Crippen molar-refractivity contribution in [3.8, 4) is 0 Å². The molecule has 0 rings (SSSR count). The van der Waals surface area contributed by atoms with Gasteiger partial charge in [-0.15, -0.1) is 0 Å². The van der Waals surface area contributed by atoms with E-state index >= 15 is 0 Å². The van der Waals surface area contributed by atoms with Crippen LogP contribution in [0.5, 0.6) is 0 Å². The van der Waals surface area contributed by atoms with Gasteiger partial charge in [0.1, 0.15) is 0 Å². The van der Waals surface area contributed by atoms with Crippen LogP contribution >= 0.6 is 0 Å². The Bertz CT molecular complexity index is 261. The second-order valence-corrected chi connectivity index (χ2v) is 2.02. The zero-order valence-corrected chi connectivity index (χ0v) is 7.35. The predicted octanol–water partition coefficient (Wildman–Crippen LogP) is -1.72. The average Bonchev–Trinajstić information content (AvgIpc) is 2.22. The molecule has 0 aromatic heterocycles. The molecule has 0 aliphatic rings. The molecule has 0 aromatic carbocycles. The summed E-state index contributed by atoms with van der Waals surface area (Å²) in [6, 6.07) is 0. The van der Waals surface area contributed by atoms with Gasteiger partial charge in [0, 0.05) is 0 Å². The van der Waals surface area contributed by atoms with Gasteiger partial charge in [-0.05, 0) is 6.08 Å². The monoisotopic (exact) mass is 203 g/mol. The van der Waals surface area contributed by atoms with Crippen LogP contribution in [0.1, 0.15) is 0 Å². The molecule has 0 aliphatic heterocycles. The highest BCUT2D eigenvalue weighted by atomic mass is 16.7. The number of hydroxylamine groups is 1. The molecule has 1 unspecified atom stereocenters. The molecule has 0 fully saturated rings. The summed E-state index contributed by atoms with van der Waals surface area (Å²) in [4.78, 5) is 35.8. The zero-order chi connectivity index (χ0) is 11.1. The maximum absolute atomic E-state index is 10.7. The van der Waals surface area contributed by atoms with Crippen molar-refractivity contribution in [2.45, 2.75) is 6.10 Å². The normalized spacial score (nSPS) is 11.0. The number of esters is 1. The van der Waals surface area contributed by atoms with Crippen LogP contribution in [0.15, 0.2) is 12.7 Å². The van der Waals surface area contributed by atoms with Gasteiger partial charge in [-0.2, -0.15) is 5.48 Å². The largest absolute Gasteiger partial charge is 0.467 e. The lowest BCUT2D eigenvalue weighted by Gasteiger charge is -2.07. The minimum absolute atomic E-state index is 0.782. The second kappa shape index (κ2) is 5.70. The Labute approximate surface area is 79.2 Å². The predicted molar refractivity (Wildman–Crippen MR) is 42.5 cm³/mol. The topological polar surface area (TPSA) is 102 Å². The number of nitrogens with one attached hydrogen (secondary N) is 1. The third-order valence-electron chi connectivity index (χ3n) is 1.09. The van der Waals surface area contributed by atoms with Crippen molar-refractivity contribution in [3.63, 3.8) is 0 Å². The number of rotatable bonds is 3. The van der Waals surface area contributed by atoms with Gasteiger partial charge in [0.05, 0.1) is 7.11 Å². The molecule has 0 aliphatic carbocycles. The first-order valence-electron chi connectivity index (χ1n) is 3.42. The van der Waals surface area contributed by atoms with E-state index in [0.717, 1.165) is 13.2 Å². The van der Waals surface area contributed by atoms with E-state index in [0.29, 0.717) is 0 Å². The highest BCUT2D eigenvalue weighted by molar-refractivity contribution is 5.98. The van der Waals surface area contributed by atoms with Crippen LogP contribution in [0.4, 0.5) is 0 Å². The number of hydrogen-bond acceptors (Lipinski definition) is 6. The molecule has 0 saturated heterocycles. The number of carbonyl (C=O) groups excluding carboxylic acids is 3. The fourth-order valence-corrected chi connectivity index (χ4v) is 0.406. The summed E-state index contributed by atoms with van der Waals surface area (Å²) >= 11 is 0. The summed E-state index contributed by atoms with van der Waals surface area (Å²) in [6.07, 6.45) is -1.23. The molecule has 0 heterocycles. The SMILES string of the molecule is C=CC(=O)NOC(=O)C(O)C(=O)OC. The number of methoxy groups -OCH3 is 1. The van der Waals surface area contributed by atoms with Gasteiger partial charge in [-0.1, -0.05) is 6.58 Å². The summed E-state index contributed by atoms with van der Waals surface area (Å²) in [6.45, 7) is 3.08. The van der Waals surface area contributed by atoms with Gasteiger partial charge >= 0.3 is 11.9 Å². The van der Waals surface area contributed by atoms with Crippen LogP contribution < -0.4 is 5.48 Å². The van der Waals surface area contributed by atoms with Gasteiger partial charge in [-0.25, -0.2) is 9.59 Å². The maximum atomic E-state index is 10.7. The van der Waals surface area contributed by atoms with E-state index in [1.165, 1.54) is 0 Å². The van der Waals surface area contributed by atoms with E-state index in [1.807, 2.05) is 0 Å². The highest BCUT2D eigenvalue weighted by Crippen LogP contribution is 1.89. The second-order valence-electron chi connectivity index (χ2n) is 2.02. The first kappa shape index (κ1) is 12.1. The maximum Gasteiger partial charge on any atom is 0.372 e. The summed E-state index contributed by atoms with van der Waals surface area (Å²) < 4.78 is 4.04. The van der Waals surface area contributed by atoms with Gasteiger partial charge in [0.2, 0.25) is 0 Å². The number of carbonyl (C=O) groups is 3. The van der Waals surface area contributed by atoms with Crippen molar-refractivity contribution in [1.29, 1.82) is 0 Å². The van der Waals surface area contributed by atoms with Crippen LogP contribution in [0.3, 0.4) is 0 Å². The Balaban J connectivity index is 4.02. The summed E-state index contributed by atoms with van der Waals surface area (Å²) in [5, 5.41) is 8.85. The molecule has 1 atom stereocenters. The van der Waals surface area contributed by atoms with Crippen molar-refractivity contribution in [2.75, 3.05) is 7.11 Å². The summed E-state index contributed by atoms with van der Waals surface area (Å²) in [5.74, 6) is -3.30. The molecular formula is C7H9NO6. The van der Waals surface area contributed by atoms with Crippen molar-refractivity contribution < 1.29 is 29.1 Å². The zero-order valence-electron chi connectivity index (χ0n) is 7.35. The number of ether oxygens (including phenoxy) is 1. The summed E-state index contributed by atoms with van der Waals surface area (Å²) in [5.41, 5.74) is 1.62. The minimum atomic E-state index is -2.08. The van der Waals surface area contributed by atoms with Crippen molar-refractivity contribution in [2.24, 2.45) is 0 Å². The molecule has 2 N–H and O–H groups in total.